The lowest BCUT2D eigenvalue weighted by molar-refractivity contribution is 0.694. The summed E-state index contributed by atoms with van der Waals surface area (Å²) < 4.78 is 0. The summed E-state index contributed by atoms with van der Waals surface area (Å²) in [5.41, 5.74) is 0. The van der Waals surface area contributed by atoms with Crippen molar-refractivity contribution < 1.29 is 0 Å². The molecule has 0 aromatic rings. The molecule has 0 rings (SSSR count). The van der Waals surface area contributed by atoms with Gasteiger partial charge in [0, 0.05) is 0 Å². The van der Waals surface area contributed by atoms with Gasteiger partial charge >= 0.3 is 0 Å². The average molecular weight is 196 g/mol. The lowest BCUT2D eigenvalue weighted by Gasteiger charge is -2.12. The van der Waals surface area contributed by atoms with Crippen LogP contribution in [0.3, 0.4) is 0 Å². The van der Waals surface area contributed by atoms with Crippen LogP contribution < -0.4 is 0 Å². The zero-order valence-electron chi connectivity index (χ0n) is 10.0. The molecule has 0 aliphatic heterocycles. The third kappa shape index (κ3) is 8.60. The van der Waals surface area contributed by atoms with Crippen molar-refractivity contribution in [2.45, 2.75) is 51.6 Å². The molecule has 0 atom stereocenters. The molecule has 13 heavy (non-hydrogen) atoms. The molecule has 0 saturated heterocycles. The predicted molar refractivity (Wildman–Crippen MR) is 64.5 cm³/mol. The smallest absolute Gasteiger partial charge is 0.148 e. The zero-order chi connectivity index (χ0) is 10.3. The molecule has 0 aliphatic rings. The quantitative estimate of drug-likeness (QED) is 0.556. The van der Waals surface area contributed by atoms with Crippen LogP contribution >= 0.6 is 0 Å². The van der Waals surface area contributed by atoms with Gasteiger partial charge in [0.1, 0.15) is 0 Å². The first-order valence-corrected chi connectivity index (χ1v) is 8.02. The summed E-state index contributed by atoms with van der Waals surface area (Å²) in [7, 11) is 0. The minimum atomic E-state index is -0.548. The zero-order valence-corrected chi connectivity index (χ0v) is 11.2. The van der Waals surface area contributed by atoms with Gasteiger partial charge < -0.3 is 0 Å². The molecule has 0 heterocycles. The molecular weight excluding hydrogens is 171 g/mol. The van der Waals surface area contributed by atoms with Gasteiger partial charge in [-0.3, -0.25) is 0 Å². The van der Waals surface area contributed by atoms with E-state index in [0.29, 0.717) is 0 Å². The van der Waals surface area contributed by atoms with E-state index in [-0.39, 0.29) is 0 Å². The summed E-state index contributed by atoms with van der Waals surface area (Å²) in [6.45, 7) is 11.6. The van der Waals surface area contributed by atoms with Crippen LogP contribution in [0, 0.1) is 11.8 Å². The van der Waals surface area contributed by atoms with Gasteiger partial charge in [-0.05, 0) is 6.42 Å². The van der Waals surface area contributed by atoms with Crippen molar-refractivity contribution in [3.05, 3.63) is 11.0 Å². The van der Waals surface area contributed by atoms with Crippen molar-refractivity contribution in [1.82, 2.24) is 0 Å². The maximum Gasteiger partial charge on any atom is 0.294 e. The Morgan fingerprint density at radius 2 is 1.46 bits per heavy atom. The van der Waals surface area contributed by atoms with Crippen molar-refractivity contribution in [3.63, 3.8) is 0 Å². The van der Waals surface area contributed by atoms with Crippen LogP contribution in [-0.4, -0.2) is 14.1 Å². The van der Waals surface area contributed by atoms with Crippen molar-refractivity contribution in [1.29, 1.82) is 0 Å². The molecule has 0 N–H and O–H groups in total. The lowest BCUT2D eigenvalue weighted by atomic mass is 10.3. The molecule has 76 valence electrons. The van der Waals surface area contributed by atoms with Crippen molar-refractivity contribution >= 4 is 14.1 Å². The highest BCUT2D eigenvalue weighted by Crippen LogP contribution is 2.15. The first-order valence-electron chi connectivity index (χ1n) is 5.72. The van der Waals surface area contributed by atoms with E-state index in [4.69, 9.17) is 0 Å². The fourth-order valence-electron chi connectivity index (χ4n) is 1.79. The topological polar surface area (TPSA) is 0 Å². The van der Waals surface area contributed by atoms with Crippen molar-refractivity contribution in [2.24, 2.45) is 11.8 Å². The van der Waals surface area contributed by atoms with E-state index in [1.807, 2.05) is 0 Å². The summed E-state index contributed by atoms with van der Waals surface area (Å²) in [6.07, 6.45) is 3.58. The van der Waals surface area contributed by atoms with E-state index in [1.54, 1.807) is 0 Å². The van der Waals surface area contributed by atoms with Gasteiger partial charge in [0.25, 0.3) is 14.1 Å². The number of hydrogen-bond donors (Lipinski definition) is 0. The fraction of sp³-hybridized carbons (Fsp3) is 0.833. The van der Waals surface area contributed by atoms with Crippen LogP contribution in [0.5, 0.6) is 0 Å². The number of rotatable bonds is 6. The van der Waals surface area contributed by atoms with Crippen LogP contribution in [-0.2, 0) is 0 Å². The van der Waals surface area contributed by atoms with E-state index >= 15 is 0 Å². The van der Waals surface area contributed by atoms with E-state index in [1.165, 1.54) is 17.0 Å². The highest BCUT2D eigenvalue weighted by Gasteiger charge is 2.16. The summed E-state index contributed by atoms with van der Waals surface area (Å²) in [6, 6.07) is 0. The fourth-order valence-corrected chi connectivity index (χ4v) is 5.38. The van der Waals surface area contributed by atoms with Gasteiger partial charge in [-0.1, -0.05) is 57.0 Å². The number of allylic oxidation sites excluding steroid dienone is 1. The van der Waals surface area contributed by atoms with Crippen LogP contribution in [0.15, 0.2) is 11.0 Å². The third-order valence-corrected chi connectivity index (χ3v) is 6.11. The first kappa shape index (κ1) is 13.3. The van der Waals surface area contributed by atoms with E-state index in [2.05, 4.69) is 45.6 Å². The maximum absolute atomic E-state index is 2.56. The lowest BCUT2D eigenvalue weighted by Crippen LogP contribution is -2.14. The average Bonchev–Trinajstić information content (AvgIpc) is 1.98. The van der Waals surface area contributed by atoms with Crippen molar-refractivity contribution in [3.8, 4) is 0 Å². The summed E-state index contributed by atoms with van der Waals surface area (Å²) >= 11 is -0.548. The van der Waals surface area contributed by atoms with Crippen molar-refractivity contribution in [2.75, 3.05) is 0 Å². The van der Waals surface area contributed by atoms with E-state index in [9.17, 15) is 0 Å². The predicted octanol–water partition coefficient (Wildman–Crippen LogP) is 4.30. The molecule has 0 amide bonds. The molecule has 0 radical (unpaired) electrons. The van der Waals surface area contributed by atoms with E-state index in [0.717, 1.165) is 11.8 Å². The molecule has 0 saturated carbocycles. The monoisotopic (exact) mass is 196 g/mol. The molecule has 0 nitrogen and oxygen atoms in total. The van der Waals surface area contributed by atoms with Gasteiger partial charge in [0.05, 0.1) is 0 Å². The van der Waals surface area contributed by atoms with Gasteiger partial charge in [-0.25, -0.2) is 0 Å². The molecule has 0 aromatic heterocycles. The second-order valence-electron chi connectivity index (χ2n) is 4.86. The van der Waals surface area contributed by atoms with Crippen LogP contribution in [0.25, 0.3) is 0 Å². The minimum Gasteiger partial charge on any atom is -0.148 e. The Balaban J connectivity index is 3.95. The Morgan fingerprint density at radius 1 is 1.00 bits per heavy atom. The second kappa shape index (κ2) is 7.66. The Hall–Kier alpha value is 0.272. The molecular formula is C12H25Al. The maximum atomic E-state index is 2.56. The first-order chi connectivity index (χ1) is 6.06. The van der Waals surface area contributed by atoms with Gasteiger partial charge in [-0.15, -0.1) is 11.0 Å². The SMILES string of the molecule is CCC=[CH][Al]([CH2]C(C)C)[CH2]C(C)C. The second-order valence-corrected chi connectivity index (χ2v) is 7.70. The molecule has 0 aliphatic carbocycles. The Morgan fingerprint density at radius 3 is 1.77 bits per heavy atom. The summed E-state index contributed by atoms with van der Waals surface area (Å²) in [5.74, 6) is 1.77. The largest absolute Gasteiger partial charge is 0.294 e. The Bertz CT molecular complexity index is 126. The molecule has 0 spiro atoms. The van der Waals surface area contributed by atoms with E-state index < -0.39 is 14.1 Å². The van der Waals surface area contributed by atoms with Gasteiger partial charge in [0.2, 0.25) is 0 Å². The standard InChI is InChI=1S/2C4H9.C4H7.Al/c2*1-4(2)3;1-3-4-2;/h2*4H,1H2,2-3H3;1,3H,4H2,2H3;. The Labute approximate surface area is 88.8 Å². The summed E-state index contributed by atoms with van der Waals surface area (Å²) in [4.78, 5) is 2.56. The minimum absolute atomic E-state index is 0.548. The normalized spacial score (nSPS) is 11.9. The van der Waals surface area contributed by atoms with Crippen LogP contribution in [0.2, 0.25) is 10.6 Å². The molecule has 0 aromatic carbocycles. The van der Waals surface area contributed by atoms with Gasteiger partial charge in [0.15, 0.2) is 0 Å². The van der Waals surface area contributed by atoms with Crippen LogP contribution in [0.4, 0.5) is 0 Å². The highest BCUT2D eigenvalue weighted by molar-refractivity contribution is 6.64. The molecule has 0 fully saturated rings. The Kier molecular flexibility index (Phi) is 7.82. The summed E-state index contributed by atoms with van der Waals surface area (Å²) in [5, 5.41) is 2.96. The van der Waals surface area contributed by atoms with Gasteiger partial charge in [-0.2, -0.15) is 0 Å². The molecule has 0 unspecified atom stereocenters. The molecule has 0 bridgehead atoms. The molecule has 1 heteroatoms. The number of hydrogen-bond acceptors (Lipinski definition) is 0. The third-order valence-electron chi connectivity index (χ3n) is 2.19. The highest BCUT2D eigenvalue weighted by atomic mass is 27.2. The van der Waals surface area contributed by atoms with Crippen LogP contribution in [0.1, 0.15) is 41.0 Å².